The lowest BCUT2D eigenvalue weighted by Gasteiger charge is -2.44. The van der Waals surface area contributed by atoms with Crippen LogP contribution in [0.5, 0.6) is 5.75 Å². The molecular formula is C30H34F6N2O4. The van der Waals surface area contributed by atoms with Gasteiger partial charge in [0.05, 0.1) is 32.0 Å². The van der Waals surface area contributed by atoms with Gasteiger partial charge in [0, 0.05) is 12.6 Å². The molecule has 2 heterocycles. The number of amides is 1. The molecule has 42 heavy (non-hydrogen) atoms. The summed E-state index contributed by atoms with van der Waals surface area (Å²) in [5, 5.41) is 11.0. The van der Waals surface area contributed by atoms with Crippen LogP contribution in [-0.2, 0) is 21.4 Å². The van der Waals surface area contributed by atoms with Crippen molar-refractivity contribution in [3.05, 3.63) is 65.2 Å². The SMILES string of the molecule is COc1cccc2c1CCC[C@]21C[NH2+]C[C@H]1C(=O)N1CC[C@@H](c2ccccc2)C[C@H]1CC(F)(F)F.O=C([O-])C(F)(F)F. The molecule has 4 atom stereocenters. The molecule has 2 N–H and O–H groups in total. The Kier molecular flexibility index (Phi) is 9.44. The van der Waals surface area contributed by atoms with Crippen LogP contribution in [0, 0.1) is 5.92 Å². The Hall–Kier alpha value is -3.28. The van der Waals surface area contributed by atoms with Crippen LogP contribution < -0.4 is 15.2 Å². The molecule has 2 fully saturated rings. The number of carboxylic acids is 1. The highest BCUT2D eigenvalue weighted by molar-refractivity contribution is 5.82. The Balaban J connectivity index is 0.000000517. The van der Waals surface area contributed by atoms with Crippen molar-refractivity contribution < 1.29 is 51.1 Å². The van der Waals surface area contributed by atoms with E-state index in [4.69, 9.17) is 14.6 Å². The fourth-order valence-corrected chi connectivity index (χ4v) is 7.01. The number of nitrogens with zero attached hydrogens (tertiary/aromatic N) is 1. The first-order chi connectivity index (χ1) is 19.8. The van der Waals surface area contributed by atoms with Gasteiger partial charge in [-0.3, -0.25) is 4.79 Å². The molecule has 0 bridgehead atoms. The number of quaternary nitrogens is 1. The van der Waals surface area contributed by atoms with Crippen LogP contribution in [0.1, 0.15) is 54.7 Å². The highest BCUT2D eigenvalue weighted by atomic mass is 19.4. The fraction of sp³-hybridized carbons (Fsp3) is 0.533. The van der Waals surface area contributed by atoms with E-state index in [1.54, 1.807) is 12.0 Å². The first-order valence-electron chi connectivity index (χ1n) is 13.9. The summed E-state index contributed by atoms with van der Waals surface area (Å²) < 4.78 is 78.1. The molecule has 3 aliphatic rings. The van der Waals surface area contributed by atoms with Crippen LogP contribution in [0.2, 0.25) is 0 Å². The molecule has 2 aliphatic heterocycles. The topological polar surface area (TPSA) is 86.3 Å². The number of nitrogens with two attached hydrogens (primary N) is 1. The van der Waals surface area contributed by atoms with Crippen molar-refractivity contribution in [1.29, 1.82) is 0 Å². The molecule has 0 unspecified atom stereocenters. The maximum absolute atomic E-state index is 14.1. The Morgan fingerprint density at radius 2 is 1.76 bits per heavy atom. The normalized spacial score (nSPS) is 25.8. The minimum atomic E-state index is -5.19. The van der Waals surface area contributed by atoms with Crippen LogP contribution in [0.15, 0.2) is 48.5 Å². The third-order valence-electron chi connectivity index (χ3n) is 8.78. The van der Waals surface area contributed by atoms with Crippen molar-refractivity contribution in [3.8, 4) is 5.75 Å². The molecule has 2 aromatic carbocycles. The van der Waals surface area contributed by atoms with Gasteiger partial charge in [-0.2, -0.15) is 26.3 Å². The molecule has 12 heteroatoms. The number of methoxy groups -OCH3 is 1. The highest BCUT2D eigenvalue weighted by Gasteiger charge is 2.55. The monoisotopic (exact) mass is 600 g/mol. The van der Waals surface area contributed by atoms with E-state index in [-0.39, 0.29) is 23.2 Å². The number of hydrogen-bond donors (Lipinski definition) is 1. The molecule has 2 saturated heterocycles. The third kappa shape index (κ3) is 6.85. The van der Waals surface area contributed by atoms with E-state index in [1.165, 1.54) is 0 Å². The molecule has 0 radical (unpaired) electrons. The van der Waals surface area contributed by atoms with E-state index < -0.39 is 30.8 Å². The third-order valence-corrected chi connectivity index (χ3v) is 8.78. The number of likely N-dealkylation sites (tertiary alicyclic amines) is 1. The first kappa shape index (κ1) is 31.7. The van der Waals surface area contributed by atoms with Gasteiger partial charge in [0.1, 0.15) is 17.6 Å². The van der Waals surface area contributed by atoms with Gasteiger partial charge in [-0.15, -0.1) is 0 Å². The van der Waals surface area contributed by atoms with E-state index in [0.29, 0.717) is 25.9 Å². The summed E-state index contributed by atoms with van der Waals surface area (Å²) in [6.07, 6.45) is -6.68. The molecule has 2 aromatic rings. The van der Waals surface area contributed by atoms with E-state index in [2.05, 4.69) is 11.4 Å². The standard InChI is InChI=1S/C28H33F3N2O2.C2HF3O2/c1-35-25-11-5-10-23-22(25)9-6-13-27(23)18-32-17-24(27)26(34)33-14-12-20(19-7-3-2-4-8-19)15-21(33)16-28(29,30)31;3-2(4,5)1(6)7/h2-5,7-8,10-11,20-21,24,32H,6,9,12-18H2,1H3;(H,6,7)/t20-,21+,24+,27+;/m1./s1. The number of carbonyl (C=O) groups excluding carboxylic acids is 2. The second kappa shape index (κ2) is 12.5. The molecule has 1 amide bonds. The van der Waals surface area contributed by atoms with Crippen molar-refractivity contribution in [2.45, 2.75) is 68.3 Å². The maximum Gasteiger partial charge on any atom is 0.430 e. The predicted molar refractivity (Wildman–Crippen MR) is 138 cm³/mol. The summed E-state index contributed by atoms with van der Waals surface area (Å²) in [6.45, 7) is 1.78. The van der Waals surface area contributed by atoms with Gasteiger partial charge in [0.25, 0.3) is 0 Å². The van der Waals surface area contributed by atoms with Gasteiger partial charge in [0.2, 0.25) is 5.91 Å². The summed E-state index contributed by atoms with van der Waals surface area (Å²) in [5.74, 6) is -2.55. The number of aliphatic carboxylic acids is 1. The Bertz CT molecular complexity index is 1250. The second-order valence-electron chi connectivity index (χ2n) is 11.2. The molecule has 0 saturated carbocycles. The van der Waals surface area contributed by atoms with Crippen LogP contribution in [0.25, 0.3) is 0 Å². The molecule has 1 spiro atoms. The predicted octanol–water partition coefficient (Wildman–Crippen LogP) is 3.49. The zero-order valence-electron chi connectivity index (χ0n) is 23.1. The lowest BCUT2D eigenvalue weighted by molar-refractivity contribution is -0.640. The highest BCUT2D eigenvalue weighted by Crippen LogP contribution is 2.47. The van der Waals surface area contributed by atoms with Crippen LogP contribution in [-0.4, -0.2) is 61.9 Å². The van der Waals surface area contributed by atoms with Gasteiger partial charge >= 0.3 is 12.4 Å². The minimum absolute atomic E-state index is 0.0383. The largest absolute Gasteiger partial charge is 0.542 e. The second-order valence-corrected chi connectivity index (χ2v) is 11.2. The number of alkyl halides is 6. The number of ether oxygens (including phenoxy) is 1. The lowest BCUT2D eigenvalue weighted by Crippen LogP contribution is -2.82. The molecule has 1 aliphatic carbocycles. The summed E-state index contributed by atoms with van der Waals surface area (Å²) in [5.41, 5.74) is 3.02. The van der Waals surface area contributed by atoms with E-state index in [1.807, 2.05) is 42.5 Å². The molecule has 230 valence electrons. The number of piperidine rings is 1. The fourth-order valence-electron chi connectivity index (χ4n) is 7.01. The number of halogens is 6. The van der Waals surface area contributed by atoms with Crippen LogP contribution >= 0.6 is 0 Å². The van der Waals surface area contributed by atoms with E-state index in [0.717, 1.165) is 48.2 Å². The van der Waals surface area contributed by atoms with Gasteiger partial charge in [-0.05, 0) is 60.8 Å². The van der Waals surface area contributed by atoms with Crippen molar-refractivity contribution in [3.63, 3.8) is 0 Å². The Morgan fingerprint density at radius 3 is 2.38 bits per heavy atom. The lowest BCUT2D eigenvalue weighted by atomic mass is 9.63. The first-order valence-corrected chi connectivity index (χ1v) is 13.9. The number of carbonyl (C=O) groups is 2. The smallest absolute Gasteiger partial charge is 0.430 e. The van der Waals surface area contributed by atoms with E-state index >= 15 is 0 Å². The van der Waals surface area contributed by atoms with Crippen molar-refractivity contribution in [2.75, 3.05) is 26.7 Å². The summed E-state index contributed by atoms with van der Waals surface area (Å²) >= 11 is 0. The zero-order valence-corrected chi connectivity index (χ0v) is 23.1. The quantitative estimate of drug-likeness (QED) is 0.545. The molecule has 6 nitrogen and oxygen atoms in total. The summed E-state index contributed by atoms with van der Waals surface area (Å²) in [6, 6.07) is 15.0. The van der Waals surface area contributed by atoms with Gasteiger partial charge in [-0.25, -0.2) is 0 Å². The van der Waals surface area contributed by atoms with E-state index in [9.17, 15) is 31.1 Å². The molecule has 5 rings (SSSR count). The number of carboxylic acid groups (broad SMARTS) is 1. The maximum atomic E-state index is 14.1. The van der Waals surface area contributed by atoms with Crippen molar-refractivity contribution in [1.82, 2.24) is 4.90 Å². The number of hydrogen-bond acceptors (Lipinski definition) is 4. The Morgan fingerprint density at radius 1 is 1.07 bits per heavy atom. The summed E-state index contributed by atoms with van der Waals surface area (Å²) in [4.78, 5) is 24.5. The number of fused-ring (bicyclic) bond motifs is 2. The van der Waals surface area contributed by atoms with Gasteiger partial charge in [0.15, 0.2) is 0 Å². The van der Waals surface area contributed by atoms with Crippen LogP contribution in [0.4, 0.5) is 26.3 Å². The molecule has 0 aromatic heterocycles. The Labute approximate surface area is 240 Å². The zero-order chi connectivity index (χ0) is 30.7. The van der Waals surface area contributed by atoms with Crippen molar-refractivity contribution in [2.24, 2.45) is 5.92 Å². The minimum Gasteiger partial charge on any atom is -0.542 e. The average Bonchev–Trinajstić information content (AvgIpc) is 3.36. The van der Waals surface area contributed by atoms with Crippen molar-refractivity contribution >= 4 is 11.9 Å². The number of rotatable bonds is 4. The van der Waals surface area contributed by atoms with Crippen LogP contribution in [0.3, 0.4) is 0 Å². The average molecular weight is 601 g/mol. The van der Waals surface area contributed by atoms with Gasteiger partial charge in [-0.1, -0.05) is 42.5 Å². The molecular weight excluding hydrogens is 566 g/mol. The summed E-state index contributed by atoms with van der Waals surface area (Å²) in [7, 11) is 1.67. The number of benzene rings is 2. The van der Waals surface area contributed by atoms with Gasteiger partial charge < -0.3 is 24.9 Å².